The molecule has 1 atom stereocenters. The van der Waals surface area contributed by atoms with Gasteiger partial charge in [0.05, 0.1) is 5.92 Å². The molecule has 6 nitrogen and oxygen atoms in total. The molecule has 0 aromatic carbocycles. The second-order valence-corrected chi connectivity index (χ2v) is 9.04. The van der Waals surface area contributed by atoms with Crippen molar-refractivity contribution in [2.24, 2.45) is 5.92 Å². The zero-order valence-corrected chi connectivity index (χ0v) is 17.5. The highest BCUT2D eigenvalue weighted by molar-refractivity contribution is 5.79. The summed E-state index contributed by atoms with van der Waals surface area (Å²) in [6.07, 6.45) is 8.62. The van der Waals surface area contributed by atoms with E-state index in [2.05, 4.69) is 44.6 Å². The molecule has 0 spiro atoms. The van der Waals surface area contributed by atoms with E-state index < -0.39 is 0 Å². The van der Waals surface area contributed by atoms with Crippen LogP contribution in [-0.2, 0) is 4.79 Å². The first-order chi connectivity index (χ1) is 13.6. The van der Waals surface area contributed by atoms with Gasteiger partial charge in [0.1, 0.15) is 12.1 Å². The molecular formula is C22H35N5O. The van der Waals surface area contributed by atoms with Gasteiger partial charge in [-0.2, -0.15) is 0 Å². The lowest BCUT2D eigenvalue weighted by atomic mass is 9.93. The minimum Gasteiger partial charge on any atom is -0.356 e. The summed E-state index contributed by atoms with van der Waals surface area (Å²) in [6.45, 7) is 10.5. The molecule has 28 heavy (non-hydrogen) atoms. The smallest absolute Gasteiger partial charge is 0.226 e. The van der Waals surface area contributed by atoms with E-state index in [0.717, 1.165) is 76.5 Å². The Morgan fingerprint density at radius 1 is 1.00 bits per heavy atom. The number of carbonyl (C=O) groups is 1. The van der Waals surface area contributed by atoms with E-state index in [0.29, 0.717) is 17.9 Å². The van der Waals surface area contributed by atoms with Gasteiger partial charge in [0, 0.05) is 50.5 Å². The second-order valence-electron chi connectivity index (χ2n) is 9.04. The van der Waals surface area contributed by atoms with Crippen LogP contribution in [0.25, 0.3) is 0 Å². The summed E-state index contributed by atoms with van der Waals surface area (Å²) < 4.78 is 0. The normalized spacial score (nSPS) is 24.9. The van der Waals surface area contributed by atoms with Crippen molar-refractivity contribution < 1.29 is 4.79 Å². The molecule has 1 aromatic rings. The number of hydrogen-bond acceptors (Lipinski definition) is 5. The van der Waals surface area contributed by atoms with Crippen LogP contribution in [0, 0.1) is 5.92 Å². The highest BCUT2D eigenvalue weighted by atomic mass is 16.2. The number of likely N-dealkylation sites (tertiary alicyclic amines) is 2. The van der Waals surface area contributed by atoms with E-state index in [1.54, 1.807) is 6.33 Å². The Kier molecular flexibility index (Phi) is 6.14. The van der Waals surface area contributed by atoms with Crippen LogP contribution in [0.3, 0.4) is 0 Å². The molecule has 0 saturated carbocycles. The first-order valence-electron chi connectivity index (χ1n) is 11.2. The Labute approximate surface area is 169 Å². The van der Waals surface area contributed by atoms with Gasteiger partial charge >= 0.3 is 0 Å². The first kappa shape index (κ1) is 19.6. The number of piperidine rings is 2. The van der Waals surface area contributed by atoms with Crippen molar-refractivity contribution in [3.63, 3.8) is 0 Å². The predicted octanol–water partition coefficient (Wildman–Crippen LogP) is 2.90. The van der Waals surface area contributed by atoms with Crippen molar-refractivity contribution in [2.75, 3.05) is 44.2 Å². The molecule has 6 heteroatoms. The molecule has 0 N–H and O–H groups in total. The summed E-state index contributed by atoms with van der Waals surface area (Å²) in [5.74, 6) is 2.14. The van der Waals surface area contributed by atoms with E-state index in [4.69, 9.17) is 0 Å². The SMILES string of the molecule is CC(C)c1cc(N2CCC(N3CCC[C@H](C(=O)N4CCCC4)C3)CC2)ncn1. The summed E-state index contributed by atoms with van der Waals surface area (Å²) in [5, 5.41) is 0. The van der Waals surface area contributed by atoms with Gasteiger partial charge in [0.25, 0.3) is 0 Å². The number of nitrogens with zero attached hydrogens (tertiary/aromatic N) is 5. The number of hydrogen-bond donors (Lipinski definition) is 0. The Hall–Kier alpha value is -1.69. The number of aromatic nitrogens is 2. The fourth-order valence-corrected chi connectivity index (χ4v) is 5.05. The topological polar surface area (TPSA) is 52.6 Å². The molecule has 0 aliphatic carbocycles. The first-order valence-corrected chi connectivity index (χ1v) is 11.2. The van der Waals surface area contributed by atoms with Crippen molar-refractivity contribution in [3.8, 4) is 0 Å². The van der Waals surface area contributed by atoms with Crippen molar-refractivity contribution in [1.29, 1.82) is 0 Å². The molecule has 4 heterocycles. The van der Waals surface area contributed by atoms with Crippen LogP contribution in [0.15, 0.2) is 12.4 Å². The average Bonchev–Trinajstić information content (AvgIpc) is 3.28. The minimum atomic E-state index is 0.223. The monoisotopic (exact) mass is 385 g/mol. The van der Waals surface area contributed by atoms with Crippen LogP contribution in [0.4, 0.5) is 5.82 Å². The summed E-state index contributed by atoms with van der Waals surface area (Å²) in [4.78, 5) is 28.9. The molecular weight excluding hydrogens is 350 g/mol. The Morgan fingerprint density at radius 2 is 1.75 bits per heavy atom. The van der Waals surface area contributed by atoms with Crippen LogP contribution < -0.4 is 4.90 Å². The van der Waals surface area contributed by atoms with Crippen molar-refractivity contribution in [3.05, 3.63) is 18.1 Å². The van der Waals surface area contributed by atoms with E-state index in [9.17, 15) is 4.79 Å². The second kappa shape index (κ2) is 8.76. The predicted molar refractivity (Wildman–Crippen MR) is 111 cm³/mol. The summed E-state index contributed by atoms with van der Waals surface area (Å²) >= 11 is 0. The van der Waals surface area contributed by atoms with Gasteiger partial charge in [-0.3, -0.25) is 9.69 Å². The summed E-state index contributed by atoms with van der Waals surface area (Å²) in [5.41, 5.74) is 1.12. The highest BCUT2D eigenvalue weighted by Gasteiger charge is 2.34. The largest absolute Gasteiger partial charge is 0.356 e. The van der Waals surface area contributed by atoms with Crippen LogP contribution >= 0.6 is 0 Å². The molecule has 3 fully saturated rings. The van der Waals surface area contributed by atoms with Crippen molar-refractivity contribution >= 4 is 11.7 Å². The number of carbonyl (C=O) groups excluding carboxylic acids is 1. The lowest BCUT2D eigenvalue weighted by molar-refractivity contribution is -0.136. The van der Waals surface area contributed by atoms with Gasteiger partial charge in [-0.15, -0.1) is 0 Å². The third kappa shape index (κ3) is 4.32. The number of rotatable bonds is 4. The highest BCUT2D eigenvalue weighted by Crippen LogP contribution is 2.28. The van der Waals surface area contributed by atoms with Crippen LogP contribution in [0.2, 0.25) is 0 Å². The van der Waals surface area contributed by atoms with Gasteiger partial charge in [-0.1, -0.05) is 13.8 Å². The van der Waals surface area contributed by atoms with Gasteiger partial charge in [0.15, 0.2) is 0 Å². The fourth-order valence-electron chi connectivity index (χ4n) is 5.05. The molecule has 4 rings (SSSR count). The Morgan fingerprint density at radius 3 is 2.46 bits per heavy atom. The number of amides is 1. The molecule has 1 amide bonds. The van der Waals surface area contributed by atoms with Crippen LogP contribution in [0.1, 0.15) is 64.0 Å². The zero-order valence-electron chi connectivity index (χ0n) is 17.5. The molecule has 0 unspecified atom stereocenters. The standard InChI is InChI=1S/C22H35N5O/c1-17(2)20-14-21(24-16-23-20)25-12-7-19(8-13-25)27-11-5-6-18(15-27)22(28)26-9-3-4-10-26/h14,16-19H,3-13,15H2,1-2H3/t18-/m0/s1. The fraction of sp³-hybridized carbons (Fsp3) is 0.773. The lowest BCUT2D eigenvalue weighted by Gasteiger charge is -2.42. The molecule has 154 valence electrons. The van der Waals surface area contributed by atoms with Gasteiger partial charge < -0.3 is 9.80 Å². The molecule has 3 aliphatic rings. The maximum Gasteiger partial charge on any atom is 0.226 e. The van der Waals surface area contributed by atoms with E-state index >= 15 is 0 Å². The van der Waals surface area contributed by atoms with Crippen LogP contribution in [0.5, 0.6) is 0 Å². The van der Waals surface area contributed by atoms with Crippen molar-refractivity contribution in [1.82, 2.24) is 19.8 Å². The zero-order chi connectivity index (χ0) is 19.5. The maximum atomic E-state index is 12.8. The third-order valence-corrected chi connectivity index (χ3v) is 6.79. The summed E-state index contributed by atoms with van der Waals surface area (Å²) in [6, 6.07) is 2.76. The van der Waals surface area contributed by atoms with Gasteiger partial charge in [-0.25, -0.2) is 9.97 Å². The number of anilines is 1. The van der Waals surface area contributed by atoms with E-state index in [-0.39, 0.29) is 5.92 Å². The maximum absolute atomic E-state index is 12.8. The lowest BCUT2D eigenvalue weighted by Crippen LogP contribution is -2.51. The molecule has 0 bridgehead atoms. The molecule has 3 saturated heterocycles. The third-order valence-electron chi connectivity index (χ3n) is 6.79. The molecule has 1 aromatic heterocycles. The average molecular weight is 386 g/mol. The van der Waals surface area contributed by atoms with E-state index in [1.165, 1.54) is 12.8 Å². The minimum absolute atomic E-state index is 0.223. The molecule has 3 aliphatic heterocycles. The van der Waals surface area contributed by atoms with Gasteiger partial charge in [0.2, 0.25) is 5.91 Å². The van der Waals surface area contributed by atoms with Crippen molar-refractivity contribution in [2.45, 2.75) is 64.3 Å². The Balaban J connectivity index is 1.32. The Bertz CT molecular complexity index is 665. The van der Waals surface area contributed by atoms with Crippen LogP contribution in [-0.4, -0.2) is 71.0 Å². The summed E-state index contributed by atoms with van der Waals surface area (Å²) in [7, 11) is 0. The van der Waals surface area contributed by atoms with E-state index in [1.807, 2.05) is 0 Å². The molecule has 0 radical (unpaired) electrons. The quantitative estimate of drug-likeness (QED) is 0.798. The van der Waals surface area contributed by atoms with Gasteiger partial charge in [-0.05, 0) is 51.0 Å².